The van der Waals surface area contributed by atoms with E-state index in [-0.39, 0.29) is 6.23 Å². The van der Waals surface area contributed by atoms with Crippen molar-refractivity contribution in [3.8, 4) is 0 Å². The summed E-state index contributed by atoms with van der Waals surface area (Å²) < 4.78 is 10.3. The van der Waals surface area contributed by atoms with Gasteiger partial charge in [-0.15, -0.1) is 5.10 Å². The Labute approximate surface area is 159 Å². The molecule has 2 fully saturated rings. The molecule has 136 valence electrons. The first-order valence-corrected chi connectivity index (χ1v) is 9.95. The number of fused-ring (bicyclic) bond motifs is 1. The molecular weight excluding hydrogens is 396 g/mol. The molecule has 7 nitrogen and oxygen atoms in total. The highest BCUT2D eigenvalue weighted by Crippen LogP contribution is 2.47. The lowest BCUT2D eigenvalue weighted by Crippen LogP contribution is -2.19. The summed E-state index contributed by atoms with van der Waals surface area (Å²) in [4.78, 5) is 4.40. The maximum absolute atomic E-state index is 5.95. The molecule has 0 spiro atoms. The molecule has 1 aliphatic heterocycles. The van der Waals surface area contributed by atoms with Gasteiger partial charge < -0.3 is 10.1 Å². The van der Waals surface area contributed by atoms with Crippen LogP contribution in [0, 0.1) is 0 Å². The maximum Gasteiger partial charge on any atom is 0.226 e. The van der Waals surface area contributed by atoms with Crippen LogP contribution in [0.1, 0.15) is 49.8 Å². The summed E-state index contributed by atoms with van der Waals surface area (Å²) in [6, 6.07) is 4.28. The Morgan fingerprint density at radius 1 is 1.23 bits per heavy atom. The quantitative estimate of drug-likeness (QED) is 0.688. The van der Waals surface area contributed by atoms with Crippen molar-refractivity contribution in [3.05, 3.63) is 28.6 Å². The molecule has 0 amide bonds. The van der Waals surface area contributed by atoms with Gasteiger partial charge in [0.15, 0.2) is 6.23 Å². The third-order valence-corrected chi connectivity index (χ3v) is 5.56. The van der Waals surface area contributed by atoms with Crippen LogP contribution in [0.15, 0.2) is 23.1 Å². The first-order valence-electron chi connectivity index (χ1n) is 9.16. The van der Waals surface area contributed by atoms with Crippen molar-refractivity contribution in [2.45, 2.75) is 44.2 Å². The van der Waals surface area contributed by atoms with Gasteiger partial charge in [-0.2, -0.15) is 10.1 Å². The van der Waals surface area contributed by atoms with E-state index in [2.05, 4.69) is 53.2 Å². The molecule has 0 radical (unpaired) electrons. The van der Waals surface area contributed by atoms with Crippen LogP contribution >= 0.6 is 15.9 Å². The Balaban J connectivity index is 1.57. The molecule has 26 heavy (non-hydrogen) atoms. The monoisotopic (exact) mass is 416 g/mol. The molecule has 0 bridgehead atoms. The molecule has 5 rings (SSSR count). The average Bonchev–Trinajstić information content (AvgIpc) is 3.31. The molecule has 1 aromatic carbocycles. The summed E-state index contributed by atoms with van der Waals surface area (Å²) in [6.07, 6.45) is 7.87. The number of rotatable bonds is 4. The van der Waals surface area contributed by atoms with Crippen molar-refractivity contribution in [1.82, 2.24) is 24.5 Å². The lowest BCUT2D eigenvalue weighted by molar-refractivity contribution is -0.0366. The second-order valence-corrected chi connectivity index (χ2v) is 7.81. The predicted molar refractivity (Wildman–Crippen MR) is 103 cm³/mol. The van der Waals surface area contributed by atoms with E-state index in [1.165, 1.54) is 30.2 Å². The van der Waals surface area contributed by atoms with Crippen LogP contribution in [-0.4, -0.2) is 31.2 Å². The average molecular weight is 417 g/mol. The topological polar surface area (TPSA) is 69.8 Å². The van der Waals surface area contributed by atoms with Crippen LogP contribution < -0.4 is 5.32 Å². The van der Waals surface area contributed by atoms with Gasteiger partial charge in [-0.05, 0) is 71.6 Å². The van der Waals surface area contributed by atoms with E-state index in [9.17, 15) is 0 Å². The molecule has 1 N–H and O–H groups in total. The van der Waals surface area contributed by atoms with Crippen LogP contribution in [0.5, 0.6) is 0 Å². The van der Waals surface area contributed by atoms with Crippen LogP contribution in [0.25, 0.3) is 10.9 Å². The number of halogens is 1. The van der Waals surface area contributed by atoms with Crippen LogP contribution in [0.2, 0.25) is 0 Å². The molecule has 1 unspecified atom stereocenters. The summed E-state index contributed by atoms with van der Waals surface area (Å²) in [6.45, 7) is 0.822. The number of hydrogen-bond donors (Lipinski definition) is 1. The fourth-order valence-corrected chi connectivity index (χ4v) is 4.20. The zero-order valence-electron chi connectivity index (χ0n) is 14.7. The number of hydrogen-bond acceptors (Lipinski definition) is 5. The zero-order chi connectivity index (χ0) is 17.7. The molecule has 1 atom stereocenters. The van der Waals surface area contributed by atoms with Gasteiger partial charge in [0.05, 0.1) is 11.7 Å². The summed E-state index contributed by atoms with van der Waals surface area (Å²) >= 11 is 3.33. The third kappa shape index (κ3) is 2.81. The van der Waals surface area contributed by atoms with E-state index < -0.39 is 0 Å². The Kier molecular flexibility index (Phi) is 3.97. The Morgan fingerprint density at radius 2 is 2.12 bits per heavy atom. The van der Waals surface area contributed by atoms with E-state index in [0.29, 0.717) is 10.7 Å². The van der Waals surface area contributed by atoms with E-state index in [1.54, 1.807) is 4.68 Å². The second-order valence-electron chi connectivity index (χ2n) is 7.10. The van der Waals surface area contributed by atoms with Crippen molar-refractivity contribution in [1.29, 1.82) is 0 Å². The maximum atomic E-state index is 5.95. The van der Waals surface area contributed by atoms with Crippen molar-refractivity contribution >= 4 is 38.5 Å². The van der Waals surface area contributed by atoms with Crippen molar-refractivity contribution in [3.63, 3.8) is 0 Å². The number of aryl methyl sites for hydroxylation is 1. The summed E-state index contributed by atoms with van der Waals surface area (Å²) in [5.74, 6) is 1.31. The van der Waals surface area contributed by atoms with Crippen molar-refractivity contribution in [2.24, 2.45) is 7.05 Å². The largest absolute Gasteiger partial charge is 0.356 e. The standard InChI is InChI=1S/C18H21BrN6O/c1-24-18(22-17(19)23-24)21-13-7-8-14-12(16(13)11-5-6-11)10-20-25(14)15-4-2-3-9-26-15/h7-8,10-11,15H,2-6,9H2,1H3,(H,21,22,23). The number of nitrogens with zero attached hydrogens (tertiary/aromatic N) is 5. The van der Waals surface area contributed by atoms with Gasteiger partial charge in [-0.1, -0.05) is 0 Å². The number of anilines is 2. The molecule has 1 saturated heterocycles. The van der Waals surface area contributed by atoms with E-state index in [4.69, 9.17) is 4.74 Å². The molecule has 8 heteroatoms. The Bertz CT molecular complexity index is 954. The molecule has 2 aromatic heterocycles. The highest BCUT2D eigenvalue weighted by Gasteiger charge is 2.30. The van der Waals surface area contributed by atoms with Gasteiger partial charge in [0.25, 0.3) is 0 Å². The predicted octanol–water partition coefficient (Wildman–Crippen LogP) is 4.25. The number of aromatic nitrogens is 5. The van der Waals surface area contributed by atoms with Gasteiger partial charge in [0.2, 0.25) is 10.7 Å². The summed E-state index contributed by atoms with van der Waals surface area (Å²) in [5.41, 5.74) is 3.58. The minimum absolute atomic E-state index is 0.0572. The molecule has 3 heterocycles. The van der Waals surface area contributed by atoms with Crippen LogP contribution in [-0.2, 0) is 11.8 Å². The SMILES string of the molecule is Cn1nc(Br)nc1Nc1ccc2c(cnn2C2CCCCO2)c1C1CC1. The van der Waals surface area contributed by atoms with E-state index in [1.807, 2.05) is 13.2 Å². The highest BCUT2D eigenvalue weighted by atomic mass is 79.9. The highest BCUT2D eigenvalue weighted by molar-refractivity contribution is 9.10. The van der Waals surface area contributed by atoms with Gasteiger partial charge in [-0.3, -0.25) is 0 Å². The number of benzene rings is 1. The first kappa shape index (κ1) is 16.3. The second kappa shape index (κ2) is 6.35. The zero-order valence-corrected chi connectivity index (χ0v) is 16.2. The van der Waals surface area contributed by atoms with E-state index in [0.717, 1.165) is 36.6 Å². The lowest BCUT2D eigenvalue weighted by atomic mass is 10.0. The van der Waals surface area contributed by atoms with E-state index >= 15 is 0 Å². The minimum Gasteiger partial charge on any atom is -0.356 e. The molecular formula is C18H21BrN6O. The van der Waals surface area contributed by atoms with Gasteiger partial charge in [-0.25, -0.2) is 9.36 Å². The fourth-order valence-electron chi connectivity index (χ4n) is 3.79. The Morgan fingerprint density at radius 3 is 2.81 bits per heavy atom. The molecule has 2 aliphatic rings. The first-order chi connectivity index (χ1) is 12.7. The molecule has 1 saturated carbocycles. The van der Waals surface area contributed by atoms with Crippen LogP contribution in [0.4, 0.5) is 11.6 Å². The third-order valence-electron chi connectivity index (χ3n) is 5.22. The van der Waals surface area contributed by atoms with Gasteiger partial charge in [0, 0.05) is 24.7 Å². The van der Waals surface area contributed by atoms with Crippen molar-refractivity contribution in [2.75, 3.05) is 11.9 Å². The fraction of sp³-hybridized carbons (Fsp3) is 0.500. The van der Waals surface area contributed by atoms with Gasteiger partial charge in [0.1, 0.15) is 0 Å². The Hall–Kier alpha value is -1.93. The molecule has 1 aliphatic carbocycles. The number of nitrogens with one attached hydrogen (secondary N) is 1. The summed E-state index contributed by atoms with van der Waals surface area (Å²) in [7, 11) is 1.88. The smallest absolute Gasteiger partial charge is 0.226 e. The number of ether oxygens (including phenoxy) is 1. The minimum atomic E-state index is 0.0572. The molecule has 3 aromatic rings. The van der Waals surface area contributed by atoms with Crippen LogP contribution in [0.3, 0.4) is 0 Å². The normalized spacial score (nSPS) is 20.6. The van der Waals surface area contributed by atoms with Crippen molar-refractivity contribution < 1.29 is 4.74 Å². The lowest BCUT2D eigenvalue weighted by Gasteiger charge is -2.23. The summed E-state index contributed by atoms with van der Waals surface area (Å²) in [5, 5.41) is 13.6. The van der Waals surface area contributed by atoms with Gasteiger partial charge >= 0.3 is 0 Å².